The molecule has 3 heterocycles. The molecule has 4 amide bonds. The Kier molecular flexibility index (Phi) is 9.24. The SMILES string of the molecule is CC(C)n1nc(C(=O)NCc2ccc(NC(=O)N3CCN[C@H](C)C3)cc2)c2c1[C@@H](C)CN(c1ccc(C(=O)N(C)C)cc1)C2. The van der Waals surface area contributed by atoms with Gasteiger partial charge in [-0.2, -0.15) is 5.10 Å². The summed E-state index contributed by atoms with van der Waals surface area (Å²) in [5, 5.41) is 14.2. The van der Waals surface area contributed by atoms with Crippen LogP contribution >= 0.6 is 0 Å². The Labute approximate surface area is 259 Å². The molecular weight excluding hydrogens is 556 g/mol. The lowest BCUT2D eigenvalue weighted by Gasteiger charge is -2.34. The van der Waals surface area contributed by atoms with Gasteiger partial charge in [0.05, 0.1) is 0 Å². The minimum atomic E-state index is -0.216. The van der Waals surface area contributed by atoms with Crippen molar-refractivity contribution in [1.29, 1.82) is 0 Å². The molecular formula is C33H44N8O3. The van der Waals surface area contributed by atoms with E-state index >= 15 is 0 Å². The number of piperazine rings is 1. The highest BCUT2D eigenvalue weighted by atomic mass is 16.2. The Balaban J connectivity index is 1.27. The van der Waals surface area contributed by atoms with E-state index in [-0.39, 0.29) is 35.8 Å². The van der Waals surface area contributed by atoms with Gasteiger partial charge in [0.25, 0.3) is 11.8 Å². The fraction of sp³-hybridized carbons (Fsp3) is 0.455. The molecule has 234 valence electrons. The zero-order valence-corrected chi connectivity index (χ0v) is 26.6. The molecule has 2 atom stereocenters. The van der Waals surface area contributed by atoms with Crippen LogP contribution in [0.4, 0.5) is 16.2 Å². The summed E-state index contributed by atoms with van der Waals surface area (Å²) in [6, 6.07) is 15.5. The molecule has 0 bridgehead atoms. The zero-order chi connectivity index (χ0) is 31.5. The van der Waals surface area contributed by atoms with E-state index in [1.54, 1.807) is 19.0 Å². The molecule has 3 aromatic rings. The molecule has 0 unspecified atom stereocenters. The van der Waals surface area contributed by atoms with Gasteiger partial charge < -0.3 is 30.7 Å². The third kappa shape index (κ3) is 6.72. The zero-order valence-electron chi connectivity index (χ0n) is 26.6. The molecule has 5 rings (SSSR count). The van der Waals surface area contributed by atoms with Crippen molar-refractivity contribution in [3.8, 4) is 0 Å². The van der Waals surface area contributed by atoms with Crippen molar-refractivity contribution in [2.75, 3.05) is 50.5 Å². The number of nitrogens with one attached hydrogen (secondary N) is 3. The molecule has 1 fully saturated rings. The van der Waals surface area contributed by atoms with Crippen molar-refractivity contribution in [2.45, 2.75) is 58.8 Å². The van der Waals surface area contributed by atoms with Gasteiger partial charge in [0.1, 0.15) is 0 Å². The van der Waals surface area contributed by atoms with Gasteiger partial charge >= 0.3 is 6.03 Å². The predicted molar refractivity (Wildman–Crippen MR) is 172 cm³/mol. The van der Waals surface area contributed by atoms with E-state index in [1.807, 2.05) is 58.1 Å². The summed E-state index contributed by atoms with van der Waals surface area (Å²) in [7, 11) is 3.49. The van der Waals surface area contributed by atoms with Crippen LogP contribution in [0.2, 0.25) is 0 Å². The maximum atomic E-state index is 13.6. The van der Waals surface area contributed by atoms with Crippen LogP contribution in [-0.4, -0.2) is 83.7 Å². The number of nitrogens with zero attached hydrogens (tertiary/aromatic N) is 5. The molecule has 2 aliphatic heterocycles. The van der Waals surface area contributed by atoms with E-state index in [1.165, 1.54) is 0 Å². The minimum absolute atomic E-state index is 0.0349. The topological polar surface area (TPSA) is 115 Å². The Hall–Kier alpha value is -4.38. The Morgan fingerprint density at radius 3 is 2.36 bits per heavy atom. The summed E-state index contributed by atoms with van der Waals surface area (Å²) in [4.78, 5) is 44.2. The number of carbonyl (C=O) groups excluding carboxylic acids is 3. The first-order valence-corrected chi connectivity index (χ1v) is 15.4. The highest BCUT2D eigenvalue weighted by Gasteiger charge is 2.33. The van der Waals surface area contributed by atoms with Crippen LogP contribution in [0.15, 0.2) is 48.5 Å². The molecule has 44 heavy (non-hydrogen) atoms. The van der Waals surface area contributed by atoms with Gasteiger partial charge in [0, 0.05) is 99.6 Å². The largest absolute Gasteiger partial charge is 0.366 e. The number of benzene rings is 2. The van der Waals surface area contributed by atoms with Gasteiger partial charge in [-0.1, -0.05) is 19.1 Å². The summed E-state index contributed by atoms with van der Waals surface area (Å²) in [5.74, 6) is -0.0930. The van der Waals surface area contributed by atoms with Crippen LogP contribution in [0.5, 0.6) is 0 Å². The number of urea groups is 1. The Bertz CT molecular complexity index is 1500. The second kappa shape index (κ2) is 13.1. The summed E-state index contributed by atoms with van der Waals surface area (Å²) in [6.45, 7) is 12.2. The van der Waals surface area contributed by atoms with Crippen molar-refractivity contribution in [3.05, 3.63) is 76.6 Å². The van der Waals surface area contributed by atoms with E-state index in [9.17, 15) is 14.4 Å². The second-order valence-electron chi connectivity index (χ2n) is 12.4. The average molecular weight is 601 g/mol. The number of rotatable bonds is 7. The molecule has 1 saturated heterocycles. The van der Waals surface area contributed by atoms with Crippen molar-refractivity contribution in [3.63, 3.8) is 0 Å². The average Bonchev–Trinajstić information content (AvgIpc) is 3.41. The van der Waals surface area contributed by atoms with E-state index in [4.69, 9.17) is 5.10 Å². The predicted octanol–water partition coefficient (Wildman–Crippen LogP) is 4.05. The van der Waals surface area contributed by atoms with Crippen molar-refractivity contribution in [2.24, 2.45) is 0 Å². The van der Waals surface area contributed by atoms with E-state index < -0.39 is 0 Å². The summed E-state index contributed by atoms with van der Waals surface area (Å²) >= 11 is 0. The standard InChI is InChI=1S/C33H44N8O3/c1-21(2)41-30-22(3)18-40(27-13-9-25(10-14-27)32(43)38(5)6)20-28(30)29(37-41)31(42)35-17-24-7-11-26(12-8-24)36-33(44)39-16-15-34-23(4)19-39/h7-14,21-23,34H,15-20H2,1-6H3,(H,35,42)(H,36,44)/t22-,23+/m0/s1. The summed E-state index contributed by atoms with van der Waals surface area (Å²) in [6.07, 6.45) is 0. The lowest BCUT2D eigenvalue weighted by molar-refractivity contribution is 0.0827. The summed E-state index contributed by atoms with van der Waals surface area (Å²) in [5.41, 5.74) is 5.75. The molecule has 2 aromatic carbocycles. The second-order valence-corrected chi connectivity index (χ2v) is 12.4. The molecule has 11 heteroatoms. The smallest absolute Gasteiger partial charge is 0.321 e. The number of fused-ring (bicyclic) bond motifs is 1. The molecule has 0 saturated carbocycles. The Morgan fingerprint density at radius 2 is 1.73 bits per heavy atom. The number of hydrogen-bond donors (Lipinski definition) is 3. The van der Waals surface area contributed by atoms with Gasteiger partial charge in [-0.05, 0) is 62.7 Å². The van der Waals surface area contributed by atoms with Gasteiger partial charge in [-0.3, -0.25) is 14.3 Å². The van der Waals surface area contributed by atoms with Crippen LogP contribution in [-0.2, 0) is 13.1 Å². The lowest BCUT2D eigenvalue weighted by atomic mass is 9.95. The maximum absolute atomic E-state index is 13.6. The molecule has 2 aliphatic rings. The first-order chi connectivity index (χ1) is 21.0. The number of hydrogen-bond acceptors (Lipinski definition) is 6. The van der Waals surface area contributed by atoms with Gasteiger partial charge in [-0.25, -0.2) is 4.79 Å². The van der Waals surface area contributed by atoms with Gasteiger partial charge in [0.15, 0.2) is 5.69 Å². The molecule has 0 aliphatic carbocycles. The van der Waals surface area contributed by atoms with E-state index in [2.05, 4.69) is 48.5 Å². The Morgan fingerprint density at radius 1 is 1.02 bits per heavy atom. The highest BCUT2D eigenvalue weighted by Crippen LogP contribution is 2.35. The number of aromatic nitrogens is 2. The third-order valence-electron chi connectivity index (χ3n) is 8.26. The quantitative estimate of drug-likeness (QED) is 0.377. The van der Waals surface area contributed by atoms with E-state index in [0.29, 0.717) is 43.1 Å². The molecule has 3 N–H and O–H groups in total. The third-order valence-corrected chi connectivity index (χ3v) is 8.26. The van der Waals surface area contributed by atoms with Crippen LogP contribution in [0.25, 0.3) is 0 Å². The number of amides is 4. The van der Waals surface area contributed by atoms with E-state index in [0.717, 1.165) is 35.6 Å². The monoisotopic (exact) mass is 600 g/mol. The fourth-order valence-corrected chi connectivity index (χ4v) is 5.97. The van der Waals surface area contributed by atoms with Crippen LogP contribution in [0.1, 0.15) is 77.3 Å². The first-order valence-electron chi connectivity index (χ1n) is 15.4. The van der Waals surface area contributed by atoms with Crippen LogP contribution in [0, 0.1) is 0 Å². The lowest BCUT2D eigenvalue weighted by Crippen LogP contribution is -2.52. The van der Waals surface area contributed by atoms with Crippen LogP contribution in [0.3, 0.4) is 0 Å². The number of anilines is 2. The maximum Gasteiger partial charge on any atom is 0.321 e. The van der Waals surface area contributed by atoms with Gasteiger partial charge in [-0.15, -0.1) is 0 Å². The molecule has 1 aromatic heterocycles. The molecule has 0 spiro atoms. The van der Waals surface area contributed by atoms with Crippen molar-refractivity contribution in [1.82, 2.24) is 30.2 Å². The molecule has 0 radical (unpaired) electrons. The first kappa shape index (κ1) is 31.1. The van der Waals surface area contributed by atoms with Crippen LogP contribution < -0.4 is 20.9 Å². The molecule has 11 nitrogen and oxygen atoms in total. The van der Waals surface area contributed by atoms with Crippen molar-refractivity contribution < 1.29 is 14.4 Å². The summed E-state index contributed by atoms with van der Waals surface area (Å²) < 4.78 is 1.99. The normalized spacial score (nSPS) is 18.2. The van der Waals surface area contributed by atoms with Crippen molar-refractivity contribution >= 4 is 29.2 Å². The number of carbonyl (C=O) groups is 3. The minimum Gasteiger partial charge on any atom is -0.366 e. The fourth-order valence-electron chi connectivity index (χ4n) is 5.97. The highest BCUT2D eigenvalue weighted by molar-refractivity contribution is 5.95. The van der Waals surface area contributed by atoms with Gasteiger partial charge in [0.2, 0.25) is 0 Å².